The van der Waals surface area contributed by atoms with E-state index in [1.54, 1.807) is 56.7 Å². The lowest BCUT2D eigenvalue weighted by molar-refractivity contribution is -0.119. The molecule has 5 aliphatic rings. The van der Waals surface area contributed by atoms with E-state index in [0.29, 0.717) is 140 Å². The SMILES string of the molecule is CC1CCCc2sc3nc(SCC(=O)NCCN(C)C)nc(N)c3c21.CC1CCc2c(sc3nc(SCC(=O)NCCN(C)C)nc(N)c23)C1.CCC1CCc2c(sc3nc(SCC(=O)NCCN(C)C)nc(N)c23)C1.CN(C)CCNC(=O)CSc1nc(N)c2c3c(sc2n1)CC(C(C)(C)C)CC3.CN(C)CCNC(=O)CSc1nc(N)c2c3c(sc2n1)CC(c1ccccc1)CC3. The Morgan fingerprint density at radius 3 is 1.05 bits per heavy atom. The number of anilines is 5. The highest BCUT2D eigenvalue weighted by atomic mass is 32.2. The molecular formula is C94H135N25O5S10. The number of fused-ring (bicyclic) bond motifs is 15. The second-order valence-corrected chi connectivity index (χ2v) is 47.5. The number of thiophene rings is 5. The van der Waals surface area contributed by atoms with Gasteiger partial charge in [-0.1, -0.05) is 137 Å². The van der Waals surface area contributed by atoms with Gasteiger partial charge in [-0.05, 0) is 235 Å². The molecule has 0 spiro atoms. The van der Waals surface area contributed by atoms with Crippen molar-refractivity contribution >= 4 is 225 Å². The summed E-state index contributed by atoms with van der Waals surface area (Å²) in [6.45, 7) is 21.1. The third kappa shape index (κ3) is 29.5. The fraction of sp³-hybridized carbons (Fsp3) is 0.564. The Kier molecular flexibility index (Phi) is 39.1. The smallest absolute Gasteiger partial charge is 0.230 e. The Morgan fingerprint density at radius 1 is 0.381 bits per heavy atom. The van der Waals surface area contributed by atoms with E-state index in [-0.39, 0.29) is 29.5 Å². The number of nitrogen functional groups attached to an aromatic ring is 5. The van der Waals surface area contributed by atoms with Crippen LogP contribution in [0.2, 0.25) is 0 Å². The summed E-state index contributed by atoms with van der Waals surface area (Å²) in [5.41, 5.74) is 39.8. The minimum absolute atomic E-state index is 0.00428. The van der Waals surface area contributed by atoms with Crippen molar-refractivity contribution in [1.29, 1.82) is 0 Å². The predicted molar refractivity (Wildman–Crippen MR) is 565 cm³/mol. The van der Waals surface area contributed by atoms with E-state index in [4.69, 9.17) is 38.6 Å². The molecule has 0 fully saturated rings. The van der Waals surface area contributed by atoms with Gasteiger partial charge in [0.25, 0.3) is 0 Å². The number of carbonyl (C=O) groups excluding carboxylic acids is 5. The van der Waals surface area contributed by atoms with E-state index in [1.807, 2.05) is 95.0 Å². The van der Waals surface area contributed by atoms with Gasteiger partial charge in [0.05, 0.1) is 55.7 Å². The summed E-state index contributed by atoms with van der Waals surface area (Å²) in [6, 6.07) is 10.7. The van der Waals surface area contributed by atoms with Gasteiger partial charge in [-0.2, -0.15) is 0 Å². The molecule has 0 aliphatic heterocycles. The fourth-order valence-electron chi connectivity index (χ4n) is 16.9. The van der Waals surface area contributed by atoms with Crippen LogP contribution in [0, 0.1) is 23.2 Å². The first-order valence-corrected chi connectivity index (χ1v) is 55.2. The Balaban J connectivity index is 0.000000151. The highest BCUT2D eigenvalue weighted by Crippen LogP contribution is 2.49. The lowest BCUT2D eigenvalue weighted by Gasteiger charge is -2.33. The van der Waals surface area contributed by atoms with Crippen molar-refractivity contribution in [3.8, 4) is 0 Å². The molecule has 0 saturated heterocycles. The molecule has 10 heterocycles. The van der Waals surface area contributed by atoms with Crippen LogP contribution in [0.1, 0.15) is 156 Å². The first kappa shape index (κ1) is 105. The maximum atomic E-state index is 12.0. The molecule has 0 bridgehead atoms. The first-order valence-electron chi connectivity index (χ1n) is 46.2. The average molecular weight is 2020 g/mol. The molecule has 40 heteroatoms. The third-order valence-electron chi connectivity index (χ3n) is 24.4. The van der Waals surface area contributed by atoms with E-state index >= 15 is 0 Å². The number of aromatic nitrogens is 10. The number of likely N-dealkylation sites (N-methyl/N-ethyl adjacent to an activating group) is 5. The number of benzene rings is 1. The molecule has 30 nitrogen and oxygen atoms in total. The Hall–Kier alpha value is -7.68. The van der Waals surface area contributed by atoms with Crippen molar-refractivity contribution < 1.29 is 24.0 Å². The standard InChI is InChI=1S/C22H27N5OS2.C20H31N5OS2.C18H27N5OS2.2C17H25N5OS2/c1-27(2)11-10-24-18(28)13-29-22-25-20(23)19-16-9-8-15(14-6-4-3-5-7-14)12-17(16)30-21(19)26-22;1-20(2,3)12-6-7-13-14(10-12)28-18-16(13)17(21)23-19(24-18)27-11-15(26)22-8-9-25(4)5;1-4-11-5-6-12-13(9-11)26-17-15(12)16(19)21-18(22-17)25-10-14(24)20-7-8-23(2)3;1-10-4-5-11-12(8-10)25-16-14(11)15(18)20-17(21-16)24-9-13(23)19-6-7-22(2)3;1-10-5-4-6-11-13(10)14-15(18)20-17(21-16(14)25-11)24-9-12(23)19-7-8-22(2)3/h3-7,15H,8-13H2,1-2H3,(H,24,28)(H2,23,25,26);12H,6-11H2,1-5H3,(H,22,26)(H2,21,23,24);11H,4-10H2,1-3H3,(H,20,24)(H2,19,21,22);2*10H,4-9H2,1-3H3,(H,19,23)(H2,18,20,21). The number of nitrogens with two attached hydrogens (primary N) is 5. The highest BCUT2D eigenvalue weighted by Gasteiger charge is 2.34. The number of hydrogen-bond donors (Lipinski definition) is 10. The third-order valence-corrected chi connectivity index (χ3v) is 34.3. The maximum Gasteiger partial charge on any atom is 0.230 e. The second-order valence-electron chi connectivity index (χ2n) is 37.3. The normalized spacial score (nSPS) is 16.8. The largest absolute Gasteiger partial charge is 0.383 e. The average Bonchev–Trinajstić information content (AvgIpc) is 1.69. The minimum Gasteiger partial charge on any atom is -0.383 e. The Morgan fingerprint density at radius 2 is 0.694 bits per heavy atom. The molecule has 5 amide bonds. The predicted octanol–water partition coefficient (Wildman–Crippen LogP) is 13.7. The molecule has 10 aromatic heterocycles. The number of aryl methyl sites for hydroxylation is 5. The van der Waals surface area contributed by atoms with Crippen molar-refractivity contribution in [3.05, 3.63) is 88.1 Å². The van der Waals surface area contributed by atoms with Gasteiger partial charge in [0.15, 0.2) is 25.8 Å². The van der Waals surface area contributed by atoms with Crippen LogP contribution in [-0.2, 0) is 81.8 Å². The van der Waals surface area contributed by atoms with Crippen molar-refractivity contribution in [2.75, 3.05) is 193 Å². The van der Waals surface area contributed by atoms with Crippen LogP contribution in [0.3, 0.4) is 0 Å². The summed E-state index contributed by atoms with van der Waals surface area (Å²) < 4.78 is 0. The van der Waals surface area contributed by atoms with Gasteiger partial charge in [0.2, 0.25) is 29.5 Å². The van der Waals surface area contributed by atoms with E-state index in [0.717, 1.165) is 160 Å². The van der Waals surface area contributed by atoms with E-state index in [1.165, 1.54) is 155 Å². The van der Waals surface area contributed by atoms with Crippen LogP contribution < -0.4 is 55.3 Å². The Labute approximate surface area is 829 Å². The van der Waals surface area contributed by atoms with Gasteiger partial charge in [-0.25, -0.2) is 49.8 Å². The van der Waals surface area contributed by atoms with Gasteiger partial charge in [0, 0.05) is 89.8 Å². The number of thioether (sulfide) groups is 5. The molecule has 726 valence electrons. The van der Waals surface area contributed by atoms with Crippen molar-refractivity contribution in [3.63, 3.8) is 0 Å². The van der Waals surface area contributed by atoms with Gasteiger partial charge in [0.1, 0.15) is 53.2 Å². The molecule has 0 saturated carbocycles. The minimum atomic E-state index is -0.0136. The quantitative estimate of drug-likeness (QED) is 0.0138. The van der Waals surface area contributed by atoms with E-state index in [2.05, 4.69) is 138 Å². The topological polar surface area (TPSA) is 421 Å². The van der Waals surface area contributed by atoms with E-state index in [9.17, 15) is 24.0 Å². The summed E-state index contributed by atoms with van der Waals surface area (Å²) in [5.74, 6) is 7.43. The van der Waals surface area contributed by atoms with Crippen LogP contribution in [0.25, 0.3) is 51.1 Å². The van der Waals surface area contributed by atoms with Crippen LogP contribution in [0.5, 0.6) is 0 Å². The molecule has 5 atom stereocenters. The molecule has 1 aromatic carbocycles. The van der Waals surface area contributed by atoms with Gasteiger partial charge < -0.3 is 79.8 Å². The number of amides is 5. The molecule has 15 N–H and O–H groups in total. The van der Waals surface area contributed by atoms with Crippen LogP contribution in [-0.4, -0.2) is 269 Å². The lowest BCUT2D eigenvalue weighted by Crippen LogP contribution is -2.32. The summed E-state index contributed by atoms with van der Waals surface area (Å²) in [4.78, 5) is 127. The van der Waals surface area contributed by atoms with Crippen LogP contribution >= 0.6 is 115 Å². The zero-order chi connectivity index (χ0) is 96.2. The molecule has 5 unspecified atom stereocenters. The van der Waals surface area contributed by atoms with Crippen molar-refractivity contribution in [2.24, 2.45) is 23.2 Å². The van der Waals surface area contributed by atoms with Crippen molar-refractivity contribution in [1.82, 2.24) is 101 Å². The summed E-state index contributed by atoms with van der Waals surface area (Å²) in [6.07, 6.45) is 18.0. The highest BCUT2D eigenvalue weighted by molar-refractivity contribution is 8.00. The van der Waals surface area contributed by atoms with Crippen LogP contribution in [0.4, 0.5) is 29.1 Å². The number of carbonyl (C=O) groups is 5. The Bertz CT molecular complexity index is 5850. The summed E-state index contributed by atoms with van der Waals surface area (Å²) in [5, 5.41) is 22.6. The second kappa shape index (κ2) is 49.7. The van der Waals surface area contributed by atoms with Crippen molar-refractivity contribution in [2.45, 2.75) is 182 Å². The van der Waals surface area contributed by atoms with Gasteiger partial charge in [-0.3, -0.25) is 24.0 Å². The van der Waals surface area contributed by atoms with Crippen LogP contribution in [0.15, 0.2) is 56.1 Å². The zero-order valence-electron chi connectivity index (χ0n) is 80.4. The molecule has 5 aliphatic carbocycles. The lowest BCUT2D eigenvalue weighted by atomic mass is 9.72. The van der Waals surface area contributed by atoms with Gasteiger partial charge >= 0.3 is 0 Å². The summed E-state index contributed by atoms with van der Waals surface area (Å²) in [7, 11) is 19.8. The fourth-order valence-corrected chi connectivity index (χ4v) is 27.3. The monoisotopic (exact) mass is 2010 g/mol. The molecule has 16 rings (SSSR count). The van der Waals surface area contributed by atoms with E-state index < -0.39 is 0 Å². The number of hydrogen-bond acceptors (Lipinski definition) is 35. The molecule has 11 aromatic rings. The molecule has 134 heavy (non-hydrogen) atoms. The number of rotatable bonds is 32. The first-order chi connectivity index (χ1) is 64.0. The maximum absolute atomic E-state index is 12.0. The van der Waals surface area contributed by atoms with Gasteiger partial charge in [-0.15, -0.1) is 56.7 Å². The summed E-state index contributed by atoms with van der Waals surface area (Å²) >= 11 is 15.4. The number of nitrogens with zero attached hydrogens (tertiary/aromatic N) is 15. The molecular weight excluding hydrogens is 1880 g/mol. The zero-order valence-corrected chi connectivity index (χ0v) is 88.6. The number of nitrogens with one attached hydrogen (secondary N) is 5. The molecule has 0 radical (unpaired) electrons.